The molecule has 2 aliphatic rings. The number of carbonyl (C=O) groups is 1. The fraction of sp³-hybridized carbons (Fsp3) is 0.909. The van der Waals surface area contributed by atoms with Crippen LogP contribution in [0.3, 0.4) is 0 Å². The van der Waals surface area contributed by atoms with Gasteiger partial charge in [0.15, 0.2) is 0 Å². The smallest absolute Gasteiger partial charge is 0.136 e. The summed E-state index contributed by atoms with van der Waals surface area (Å²) >= 11 is 0. The zero-order valence-electron chi connectivity index (χ0n) is 8.20. The van der Waals surface area contributed by atoms with Crippen LogP contribution in [0, 0.1) is 17.8 Å². The van der Waals surface area contributed by atoms with Gasteiger partial charge in [0.2, 0.25) is 0 Å². The van der Waals surface area contributed by atoms with E-state index in [-0.39, 0.29) is 12.0 Å². The minimum absolute atomic E-state index is 0.151. The number of aliphatic hydroxyl groups is 1. The van der Waals surface area contributed by atoms with E-state index in [1.807, 2.05) is 0 Å². The summed E-state index contributed by atoms with van der Waals surface area (Å²) in [6.07, 6.45) is 4.51. The van der Waals surface area contributed by atoms with Gasteiger partial charge in [0.25, 0.3) is 0 Å². The molecule has 2 heteroatoms. The Morgan fingerprint density at radius 3 is 2.92 bits per heavy atom. The van der Waals surface area contributed by atoms with Gasteiger partial charge >= 0.3 is 0 Å². The summed E-state index contributed by atoms with van der Waals surface area (Å²) in [5.41, 5.74) is 0. The predicted molar refractivity (Wildman–Crippen MR) is 50.2 cm³/mol. The summed E-state index contributed by atoms with van der Waals surface area (Å²) in [6, 6.07) is 0. The van der Waals surface area contributed by atoms with E-state index in [4.69, 9.17) is 0 Å². The molecule has 0 amide bonds. The van der Waals surface area contributed by atoms with Gasteiger partial charge in [0.05, 0.1) is 6.10 Å². The first kappa shape index (κ1) is 9.20. The van der Waals surface area contributed by atoms with Crippen molar-refractivity contribution in [2.75, 3.05) is 0 Å². The lowest BCUT2D eigenvalue weighted by molar-refractivity contribution is -0.132. The lowest BCUT2D eigenvalue weighted by atomic mass is 9.65. The number of aliphatic hydroxyl groups excluding tert-OH is 1. The lowest BCUT2D eigenvalue weighted by Gasteiger charge is -2.40. The first-order valence-electron chi connectivity index (χ1n) is 5.39. The topological polar surface area (TPSA) is 37.3 Å². The molecule has 0 bridgehead atoms. The highest BCUT2D eigenvalue weighted by molar-refractivity contribution is 5.82. The van der Waals surface area contributed by atoms with Crippen LogP contribution in [0.15, 0.2) is 0 Å². The van der Waals surface area contributed by atoms with Crippen LogP contribution in [0.25, 0.3) is 0 Å². The molecule has 2 nitrogen and oxygen atoms in total. The Labute approximate surface area is 79.3 Å². The number of hydrogen-bond acceptors (Lipinski definition) is 2. The van der Waals surface area contributed by atoms with Gasteiger partial charge in [-0.25, -0.2) is 0 Å². The normalized spacial score (nSPS) is 45.8. The van der Waals surface area contributed by atoms with Crippen LogP contribution in [-0.2, 0) is 4.79 Å². The van der Waals surface area contributed by atoms with Crippen molar-refractivity contribution in [2.45, 2.75) is 45.1 Å². The highest BCUT2D eigenvalue weighted by Gasteiger charge is 2.40. The molecule has 2 fully saturated rings. The number of ketones is 1. The highest BCUT2D eigenvalue weighted by Crippen LogP contribution is 2.41. The van der Waals surface area contributed by atoms with Crippen molar-refractivity contribution < 1.29 is 9.90 Å². The fourth-order valence-electron chi connectivity index (χ4n) is 3.22. The second kappa shape index (κ2) is 3.41. The molecule has 0 saturated heterocycles. The Kier molecular flexibility index (Phi) is 2.41. The van der Waals surface area contributed by atoms with Gasteiger partial charge in [-0.05, 0) is 37.5 Å². The molecular weight excluding hydrogens is 164 g/mol. The Morgan fingerprint density at radius 1 is 1.38 bits per heavy atom. The largest absolute Gasteiger partial charge is 0.393 e. The molecule has 2 rings (SSSR count). The van der Waals surface area contributed by atoms with E-state index in [1.54, 1.807) is 0 Å². The number of fused-ring (bicyclic) bond motifs is 1. The molecule has 74 valence electrons. The zero-order chi connectivity index (χ0) is 9.42. The SMILES string of the molecule is C[C@H]1CC(O)CC2CCCC(=O)C21. The highest BCUT2D eigenvalue weighted by atomic mass is 16.3. The molecule has 0 aromatic carbocycles. The van der Waals surface area contributed by atoms with E-state index in [1.165, 1.54) is 0 Å². The van der Waals surface area contributed by atoms with Crippen LogP contribution in [0.2, 0.25) is 0 Å². The van der Waals surface area contributed by atoms with Crippen LogP contribution in [0.4, 0.5) is 0 Å². The third kappa shape index (κ3) is 1.64. The Balaban J connectivity index is 2.12. The molecule has 13 heavy (non-hydrogen) atoms. The van der Waals surface area contributed by atoms with Gasteiger partial charge in [0.1, 0.15) is 5.78 Å². The third-order valence-electron chi connectivity index (χ3n) is 3.71. The second-order valence-electron chi connectivity index (χ2n) is 4.75. The van der Waals surface area contributed by atoms with E-state index in [2.05, 4.69) is 6.92 Å². The summed E-state index contributed by atoms with van der Waals surface area (Å²) in [6.45, 7) is 2.11. The minimum Gasteiger partial charge on any atom is -0.393 e. The van der Waals surface area contributed by atoms with Crippen molar-refractivity contribution in [1.29, 1.82) is 0 Å². The maximum absolute atomic E-state index is 11.7. The van der Waals surface area contributed by atoms with Crippen molar-refractivity contribution in [3.8, 4) is 0 Å². The predicted octanol–water partition coefficient (Wildman–Crippen LogP) is 1.76. The van der Waals surface area contributed by atoms with E-state index >= 15 is 0 Å². The van der Waals surface area contributed by atoms with Gasteiger partial charge in [-0.15, -0.1) is 0 Å². The van der Waals surface area contributed by atoms with Crippen LogP contribution in [0.5, 0.6) is 0 Å². The monoisotopic (exact) mass is 182 g/mol. The molecule has 2 saturated carbocycles. The van der Waals surface area contributed by atoms with Crippen molar-refractivity contribution >= 4 is 5.78 Å². The summed E-state index contributed by atoms with van der Waals surface area (Å²) in [4.78, 5) is 11.7. The summed E-state index contributed by atoms with van der Waals surface area (Å²) in [5.74, 6) is 1.62. The van der Waals surface area contributed by atoms with E-state index in [0.717, 1.165) is 32.1 Å². The Hall–Kier alpha value is -0.370. The number of hydrogen-bond donors (Lipinski definition) is 1. The Morgan fingerprint density at radius 2 is 2.15 bits per heavy atom. The average molecular weight is 182 g/mol. The van der Waals surface area contributed by atoms with Crippen LogP contribution in [0.1, 0.15) is 39.0 Å². The molecule has 3 unspecified atom stereocenters. The van der Waals surface area contributed by atoms with E-state index < -0.39 is 0 Å². The third-order valence-corrected chi connectivity index (χ3v) is 3.71. The fourth-order valence-corrected chi connectivity index (χ4v) is 3.22. The van der Waals surface area contributed by atoms with Crippen molar-refractivity contribution in [3.63, 3.8) is 0 Å². The maximum Gasteiger partial charge on any atom is 0.136 e. The van der Waals surface area contributed by atoms with Crippen molar-refractivity contribution in [2.24, 2.45) is 17.8 Å². The van der Waals surface area contributed by atoms with Crippen LogP contribution < -0.4 is 0 Å². The van der Waals surface area contributed by atoms with Crippen LogP contribution in [-0.4, -0.2) is 17.0 Å². The minimum atomic E-state index is -0.151. The molecule has 2 aliphatic carbocycles. The van der Waals surface area contributed by atoms with Gasteiger partial charge in [-0.2, -0.15) is 0 Å². The van der Waals surface area contributed by atoms with Gasteiger partial charge in [0, 0.05) is 12.3 Å². The molecular formula is C11H18O2. The van der Waals surface area contributed by atoms with Crippen LogP contribution >= 0.6 is 0 Å². The lowest BCUT2D eigenvalue weighted by Crippen LogP contribution is -2.40. The molecule has 0 radical (unpaired) electrons. The first-order valence-corrected chi connectivity index (χ1v) is 5.39. The van der Waals surface area contributed by atoms with Crippen molar-refractivity contribution in [1.82, 2.24) is 0 Å². The molecule has 0 aromatic heterocycles. The molecule has 0 aliphatic heterocycles. The van der Waals surface area contributed by atoms with E-state index in [9.17, 15) is 9.90 Å². The Bertz CT molecular complexity index is 212. The summed E-state index contributed by atoms with van der Waals surface area (Å²) in [5, 5.41) is 9.59. The molecule has 0 heterocycles. The average Bonchev–Trinajstić information content (AvgIpc) is 2.02. The standard InChI is InChI=1S/C11H18O2/c1-7-5-9(12)6-8-3-2-4-10(13)11(7)8/h7-9,11-12H,2-6H2,1H3/t7-,8?,9?,11?/m0/s1. The number of rotatable bonds is 0. The zero-order valence-corrected chi connectivity index (χ0v) is 8.20. The van der Waals surface area contributed by atoms with E-state index in [0.29, 0.717) is 17.6 Å². The molecule has 0 spiro atoms. The molecule has 0 aromatic rings. The van der Waals surface area contributed by atoms with Gasteiger partial charge < -0.3 is 5.11 Å². The maximum atomic E-state index is 11.7. The summed E-state index contributed by atoms with van der Waals surface area (Å²) < 4.78 is 0. The number of Topliss-reactive ketones (excluding diaryl/α,β-unsaturated/α-hetero) is 1. The van der Waals surface area contributed by atoms with Crippen molar-refractivity contribution in [3.05, 3.63) is 0 Å². The number of carbonyl (C=O) groups excluding carboxylic acids is 1. The molecule has 4 atom stereocenters. The molecule has 1 N–H and O–H groups in total. The van der Waals surface area contributed by atoms with Gasteiger partial charge in [-0.3, -0.25) is 4.79 Å². The van der Waals surface area contributed by atoms with Gasteiger partial charge in [-0.1, -0.05) is 6.92 Å². The first-order chi connectivity index (χ1) is 6.18. The summed E-state index contributed by atoms with van der Waals surface area (Å²) in [7, 11) is 0. The second-order valence-corrected chi connectivity index (χ2v) is 4.75. The quantitative estimate of drug-likeness (QED) is 0.620.